The Labute approximate surface area is 123 Å². The van der Waals surface area contributed by atoms with Gasteiger partial charge in [0, 0.05) is 19.5 Å². The summed E-state index contributed by atoms with van der Waals surface area (Å²) in [5, 5.41) is 10.5. The van der Waals surface area contributed by atoms with Crippen molar-refractivity contribution in [2.24, 2.45) is 7.05 Å². The summed E-state index contributed by atoms with van der Waals surface area (Å²) in [6.07, 6.45) is 3.34. The van der Waals surface area contributed by atoms with Crippen molar-refractivity contribution >= 4 is 5.91 Å². The van der Waals surface area contributed by atoms with E-state index >= 15 is 0 Å². The highest BCUT2D eigenvalue weighted by Crippen LogP contribution is 2.26. The van der Waals surface area contributed by atoms with Crippen molar-refractivity contribution in [3.63, 3.8) is 0 Å². The Morgan fingerprint density at radius 1 is 1.52 bits per heavy atom. The van der Waals surface area contributed by atoms with E-state index in [4.69, 9.17) is 4.74 Å². The molecule has 0 fully saturated rings. The van der Waals surface area contributed by atoms with Crippen LogP contribution in [0.3, 0.4) is 0 Å². The molecule has 1 aromatic heterocycles. The molecule has 1 aliphatic heterocycles. The number of carbonyl (C=O) groups excluding carboxylic acids is 1. The number of aryl methyl sites for hydroxylation is 1. The molecule has 1 N–H and O–H groups in total. The number of carbonyl (C=O) groups is 1. The summed E-state index contributed by atoms with van der Waals surface area (Å²) in [6, 6.07) is 6.25. The topological polar surface area (TPSA) is 69.0 Å². The van der Waals surface area contributed by atoms with E-state index in [-0.39, 0.29) is 11.9 Å². The molecule has 2 heterocycles. The molecule has 2 aromatic rings. The van der Waals surface area contributed by atoms with Crippen LogP contribution in [0.2, 0.25) is 0 Å². The highest BCUT2D eigenvalue weighted by atomic mass is 16.5. The first-order valence-electron chi connectivity index (χ1n) is 7.03. The maximum absolute atomic E-state index is 12.0. The number of amides is 1. The van der Waals surface area contributed by atoms with Crippen LogP contribution in [0.25, 0.3) is 0 Å². The van der Waals surface area contributed by atoms with E-state index < -0.39 is 0 Å². The Morgan fingerprint density at radius 3 is 3.14 bits per heavy atom. The second kappa shape index (κ2) is 5.55. The number of hydrogen-bond acceptors (Lipinski definition) is 4. The Balaban J connectivity index is 1.61. The van der Waals surface area contributed by atoms with E-state index in [9.17, 15) is 4.79 Å². The van der Waals surface area contributed by atoms with Crippen molar-refractivity contribution in [1.29, 1.82) is 0 Å². The van der Waals surface area contributed by atoms with Crippen molar-refractivity contribution < 1.29 is 9.53 Å². The van der Waals surface area contributed by atoms with Gasteiger partial charge < -0.3 is 10.1 Å². The fourth-order valence-corrected chi connectivity index (χ4v) is 2.52. The summed E-state index contributed by atoms with van der Waals surface area (Å²) < 4.78 is 7.01. The number of aromatic nitrogens is 3. The summed E-state index contributed by atoms with van der Waals surface area (Å²) in [5.74, 6) is 0.787. The van der Waals surface area contributed by atoms with Crippen LogP contribution in [-0.4, -0.2) is 33.5 Å². The number of rotatable bonds is 4. The lowest BCUT2D eigenvalue weighted by Crippen LogP contribution is -2.34. The molecule has 110 valence electrons. The molecule has 0 radical (unpaired) electrons. The third-order valence-electron chi connectivity index (χ3n) is 3.51. The second-order valence-corrected chi connectivity index (χ2v) is 5.40. The number of ether oxygens (including phenoxy) is 1. The van der Waals surface area contributed by atoms with Crippen molar-refractivity contribution in [1.82, 2.24) is 20.3 Å². The molecular weight excluding hydrogens is 268 g/mol. The molecule has 0 saturated heterocycles. The van der Waals surface area contributed by atoms with Crippen LogP contribution < -0.4 is 10.1 Å². The van der Waals surface area contributed by atoms with Gasteiger partial charge in [-0.2, -0.15) is 0 Å². The quantitative estimate of drug-likeness (QED) is 0.914. The van der Waals surface area contributed by atoms with Crippen molar-refractivity contribution in [3.05, 3.63) is 41.2 Å². The molecular formula is C15H18N4O2. The van der Waals surface area contributed by atoms with Crippen LogP contribution in [0.4, 0.5) is 0 Å². The normalized spacial score (nSPS) is 14.4. The van der Waals surface area contributed by atoms with Gasteiger partial charge in [-0.3, -0.25) is 9.48 Å². The molecule has 1 aliphatic rings. The van der Waals surface area contributed by atoms with Crippen LogP contribution in [0.1, 0.15) is 28.5 Å². The molecule has 1 atom stereocenters. The number of hydrogen-bond donors (Lipinski definition) is 1. The lowest BCUT2D eigenvalue weighted by molar-refractivity contribution is 0.0935. The molecule has 0 bridgehead atoms. The third-order valence-corrected chi connectivity index (χ3v) is 3.51. The molecule has 0 aliphatic carbocycles. The van der Waals surface area contributed by atoms with Crippen LogP contribution in [-0.2, 0) is 19.9 Å². The van der Waals surface area contributed by atoms with Crippen LogP contribution in [0.15, 0.2) is 24.4 Å². The van der Waals surface area contributed by atoms with Gasteiger partial charge in [0.25, 0.3) is 5.91 Å². The maximum Gasteiger partial charge on any atom is 0.273 e. The van der Waals surface area contributed by atoms with Crippen LogP contribution >= 0.6 is 0 Å². The zero-order valence-corrected chi connectivity index (χ0v) is 12.2. The zero-order valence-electron chi connectivity index (χ0n) is 12.2. The minimum atomic E-state index is -0.194. The summed E-state index contributed by atoms with van der Waals surface area (Å²) in [4.78, 5) is 12.0. The summed E-state index contributed by atoms with van der Waals surface area (Å²) in [5.41, 5.74) is 2.79. The van der Waals surface area contributed by atoms with Gasteiger partial charge in [-0.1, -0.05) is 17.3 Å². The molecule has 21 heavy (non-hydrogen) atoms. The number of nitrogens with one attached hydrogen (secondary N) is 1. The van der Waals surface area contributed by atoms with Gasteiger partial charge in [0.15, 0.2) is 5.69 Å². The van der Waals surface area contributed by atoms with E-state index in [1.165, 1.54) is 15.8 Å². The third kappa shape index (κ3) is 3.04. The van der Waals surface area contributed by atoms with E-state index in [0.717, 1.165) is 25.2 Å². The van der Waals surface area contributed by atoms with E-state index in [1.54, 1.807) is 13.2 Å². The van der Waals surface area contributed by atoms with Gasteiger partial charge in [0.05, 0.1) is 12.8 Å². The lowest BCUT2D eigenvalue weighted by Gasteiger charge is -2.13. The van der Waals surface area contributed by atoms with Gasteiger partial charge in [-0.05, 0) is 30.5 Å². The number of nitrogens with zero attached hydrogens (tertiary/aromatic N) is 3. The predicted octanol–water partition coefficient (Wildman–Crippen LogP) is 1.11. The first-order valence-corrected chi connectivity index (χ1v) is 7.03. The molecule has 1 aromatic carbocycles. The van der Waals surface area contributed by atoms with Gasteiger partial charge >= 0.3 is 0 Å². The first-order chi connectivity index (χ1) is 10.1. The van der Waals surface area contributed by atoms with Crippen LogP contribution in [0, 0.1) is 0 Å². The largest absolute Gasteiger partial charge is 0.493 e. The molecule has 0 saturated carbocycles. The standard InChI is InChI=1S/C15H18N4O2/c1-10(16-15(20)13-9-19(2)18-17-13)7-11-3-4-14-12(8-11)5-6-21-14/h3-4,8-10H,5-7H2,1-2H3,(H,16,20). The maximum atomic E-state index is 12.0. The van der Waals surface area contributed by atoms with Crippen molar-refractivity contribution in [2.75, 3.05) is 6.61 Å². The van der Waals surface area contributed by atoms with Gasteiger partial charge in [-0.15, -0.1) is 5.10 Å². The minimum Gasteiger partial charge on any atom is -0.493 e. The fourth-order valence-electron chi connectivity index (χ4n) is 2.52. The van der Waals surface area contributed by atoms with E-state index in [2.05, 4.69) is 27.8 Å². The first kappa shape index (κ1) is 13.6. The molecule has 6 heteroatoms. The highest BCUT2D eigenvalue weighted by molar-refractivity contribution is 5.92. The summed E-state index contributed by atoms with van der Waals surface area (Å²) >= 11 is 0. The molecule has 1 amide bonds. The van der Waals surface area contributed by atoms with Crippen molar-refractivity contribution in [2.45, 2.75) is 25.8 Å². The Bertz CT molecular complexity index is 665. The van der Waals surface area contributed by atoms with E-state index in [0.29, 0.717) is 5.69 Å². The zero-order chi connectivity index (χ0) is 14.8. The molecule has 1 unspecified atom stereocenters. The average molecular weight is 286 g/mol. The Kier molecular flexibility index (Phi) is 3.60. The highest BCUT2D eigenvalue weighted by Gasteiger charge is 2.15. The Hall–Kier alpha value is -2.37. The monoisotopic (exact) mass is 286 g/mol. The second-order valence-electron chi connectivity index (χ2n) is 5.40. The number of benzene rings is 1. The minimum absolute atomic E-state index is 0.0277. The Morgan fingerprint density at radius 2 is 2.38 bits per heavy atom. The summed E-state index contributed by atoms with van der Waals surface area (Å²) in [6.45, 7) is 2.75. The van der Waals surface area contributed by atoms with Gasteiger partial charge in [-0.25, -0.2) is 0 Å². The molecule has 0 spiro atoms. The SMILES string of the molecule is CC(Cc1ccc2c(c1)CCO2)NC(=O)c1cn(C)nn1. The van der Waals surface area contributed by atoms with Gasteiger partial charge in [0.2, 0.25) is 0 Å². The van der Waals surface area contributed by atoms with Gasteiger partial charge in [0.1, 0.15) is 5.75 Å². The fraction of sp³-hybridized carbons (Fsp3) is 0.400. The smallest absolute Gasteiger partial charge is 0.273 e. The van der Waals surface area contributed by atoms with Crippen molar-refractivity contribution in [3.8, 4) is 5.75 Å². The average Bonchev–Trinajstić information content (AvgIpc) is 3.06. The predicted molar refractivity (Wildman–Crippen MR) is 77.3 cm³/mol. The molecule has 3 rings (SSSR count). The van der Waals surface area contributed by atoms with E-state index in [1.807, 2.05) is 13.0 Å². The summed E-state index contributed by atoms with van der Waals surface area (Å²) in [7, 11) is 1.74. The van der Waals surface area contributed by atoms with Crippen LogP contribution in [0.5, 0.6) is 5.75 Å². The molecule has 6 nitrogen and oxygen atoms in total. The lowest BCUT2D eigenvalue weighted by atomic mass is 10.0. The number of fused-ring (bicyclic) bond motifs is 1.